The number of aromatic nitrogens is 2. The number of methoxy groups -OCH3 is 2. The van der Waals surface area contributed by atoms with Crippen LogP contribution in [0.4, 0.5) is 11.6 Å². The molecule has 0 bridgehead atoms. The van der Waals surface area contributed by atoms with Crippen molar-refractivity contribution in [3.05, 3.63) is 11.4 Å². The molecule has 120 valence electrons. The summed E-state index contributed by atoms with van der Waals surface area (Å²) >= 11 is 0. The van der Waals surface area contributed by atoms with Gasteiger partial charge >= 0.3 is 5.97 Å². The molecule has 7 nitrogen and oxygen atoms in total. The summed E-state index contributed by atoms with van der Waals surface area (Å²) in [7, 11) is 1.27. The van der Waals surface area contributed by atoms with Gasteiger partial charge in [-0.2, -0.15) is 0 Å². The molecule has 22 heavy (non-hydrogen) atoms. The lowest BCUT2D eigenvalue weighted by atomic mass is 10.3. The number of anilines is 2. The van der Waals surface area contributed by atoms with Crippen LogP contribution >= 0.6 is 0 Å². The van der Waals surface area contributed by atoms with Crippen molar-refractivity contribution >= 4 is 25.7 Å². The van der Waals surface area contributed by atoms with Gasteiger partial charge in [-0.25, -0.2) is 14.8 Å². The van der Waals surface area contributed by atoms with E-state index in [2.05, 4.69) is 51.1 Å². The maximum absolute atomic E-state index is 11.7. The van der Waals surface area contributed by atoms with E-state index in [9.17, 15) is 4.79 Å². The van der Waals surface area contributed by atoms with Crippen LogP contribution in [-0.4, -0.2) is 51.4 Å². The molecule has 0 spiro atoms. The van der Waals surface area contributed by atoms with Crippen molar-refractivity contribution in [3.8, 4) is 11.5 Å². The van der Waals surface area contributed by atoms with Gasteiger partial charge in [0.1, 0.15) is 8.07 Å². The second-order valence-corrected chi connectivity index (χ2v) is 10.3. The first-order valence-electron chi connectivity index (χ1n) is 6.80. The second kappa shape index (κ2) is 7.77. The van der Waals surface area contributed by atoms with Gasteiger partial charge in [0, 0.05) is 13.7 Å². The van der Waals surface area contributed by atoms with E-state index in [1.165, 1.54) is 7.11 Å². The van der Waals surface area contributed by atoms with Crippen LogP contribution in [0.5, 0.6) is 0 Å². The summed E-state index contributed by atoms with van der Waals surface area (Å²) < 4.78 is 9.64. The molecule has 3 N–H and O–H groups in total. The Hall–Kier alpha value is -2.11. The lowest BCUT2D eigenvalue weighted by Crippen LogP contribution is -2.18. The molecule has 0 saturated heterocycles. The van der Waals surface area contributed by atoms with Crippen LogP contribution in [0, 0.1) is 11.5 Å². The molecule has 0 saturated carbocycles. The van der Waals surface area contributed by atoms with Crippen molar-refractivity contribution in [1.29, 1.82) is 0 Å². The lowest BCUT2D eigenvalue weighted by Gasteiger charge is -2.10. The summed E-state index contributed by atoms with van der Waals surface area (Å²) in [6, 6.07) is 0. The third-order valence-electron chi connectivity index (χ3n) is 2.46. The summed E-state index contributed by atoms with van der Waals surface area (Å²) in [6.07, 6.45) is 0. The summed E-state index contributed by atoms with van der Waals surface area (Å²) in [5.74, 6) is 2.81. The summed E-state index contributed by atoms with van der Waals surface area (Å²) in [5.41, 5.74) is 9.32. The van der Waals surface area contributed by atoms with Gasteiger partial charge in [-0.3, -0.25) is 0 Å². The molecule has 0 fully saturated rings. The smallest absolute Gasteiger partial charge is 0.360 e. The zero-order valence-electron chi connectivity index (χ0n) is 13.6. The van der Waals surface area contributed by atoms with Gasteiger partial charge in [-0.05, 0) is 0 Å². The quantitative estimate of drug-likeness (QED) is 0.363. The molecule has 8 heteroatoms. The number of nitrogens with one attached hydrogen (secondary N) is 1. The molecule has 1 aromatic rings. The zero-order valence-corrected chi connectivity index (χ0v) is 14.6. The Kier molecular flexibility index (Phi) is 6.34. The van der Waals surface area contributed by atoms with Crippen molar-refractivity contribution in [1.82, 2.24) is 9.97 Å². The average Bonchev–Trinajstić information content (AvgIpc) is 2.44. The van der Waals surface area contributed by atoms with E-state index < -0.39 is 14.0 Å². The van der Waals surface area contributed by atoms with Crippen molar-refractivity contribution in [2.45, 2.75) is 19.6 Å². The van der Waals surface area contributed by atoms with Gasteiger partial charge in [0.2, 0.25) is 0 Å². The molecule has 0 aliphatic heterocycles. The third-order valence-corrected chi connectivity index (χ3v) is 3.33. The van der Waals surface area contributed by atoms with Crippen LogP contribution in [-0.2, 0) is 9.47 Å². The first kappa shape index (κ1) is 17.9. The normalized spacial score (nSPS) is 10.6. The van der Waals surface area contributed by atoms with Crippen molar-refractivity contribution < 1.29 is 14.3 Å². The first-order valence-corrected chi connectivity index (χ1v) is 10.3. The van der Waals surface area contributed by atoms with Gasteiger partial charge in [-0.1, -0.05) is 25.6 Å². The Morgan fingerprint density at radius 3 is 2.55 bits per heavy atom. The largest absolute Gasteiger partial charge is 0.464 e. The van der Waals surface area contributed by atoms with Gasteiger partial charge in [0.15, 0.2) is 23.0 Å². The SMILES string of the molecule is COCCNc1nc(N)c(C(=O)OC)nc1C#C[Si](C)(C)C. The number of nitrogens with zero attached hydrogens (tertiary/aromatic N) is 2. The molecule has 0 atom stereocenters. The van der Waals surface area contributed by atoms with Gasteiger partial charge in [0.05, 0.1) is 13.7 Å². The van der Waals surface area contributed by atoms with Crippen molar-refractivity contribution in [3.63, 3.8) is 0 Å². The Bertz CT molecular complexity index is 603. The number of rotatable bonds is 5. The van der Waals surface area contributed by atoms with Crippen LogP contribution in [0.15, 0.2) is 0 Å². The number of carbonyl (C=O) groups excluding carboxylic acids is 1. The maximum Gasteiger partial charge on any atom is 0.360 e. The summed E-state index contributed by atoms with van der Waals surface area (Å²) in [5, 5.41) is 3.06. The van der Waals surface area contributed by atoms with Crippen molar-refractivity contribution in [2.24, 2.45) is 0 Å². The zero-order chi connectivity index (χ0) is 16.8. The predicted molar refractivity (Wildman–Crippen MR) is 88.4 cm³/mol. The van der Waals surface area contributed by atoms with Gasteiger partial charge < -0.3 is 20.5 Å². The molecular formula is C14H22N4O3Si. The maximum atomic E-state index is 11.7. The fraction of sp³-hybridized carbons (Fsp3) is 0.500. The van der Waals surface area contributed by atoms with E-state index in [4.69, 9.17) is 10.5 Å². The molecule has 0 amide bonds. The van der Waals surface area contributed by atoms with Gasteiger partial charge in [-0.15, -0.1) is 5.54 Å². The van der Waals surface area contributed by atoms with E-state index in [-0.39, 0.29) is 11.5 Å². The van der Waals surface area contributed by atoms with E-state index >= 15 is 0 Å². The van der Waals surface area contributed by atoms with Gasteiger partial charge in [0.25, 0.3) is 0 Å². The summed E-state index contributed by atoms with van der Waals surface area (Å²) in [6.45, 7) is 7.38. The topological polar surface area (TPSA) is 99.4 Å². The molecule has 0 aliphatic carbocycles. The molecule has 0 radical (unpaired) electrons. The Balaban J connectivity index is 3.25. The molecule has 0 unspecified atom stereocenters. The van der Waals surface area contributed by atoms with Crippen LogP contribution in [0.25, 0.3) is 0 Å². The van der Waals surface area contributed by atoms with E-state index in [0.717, 1.165) is 0 Å². The summed E-state index contributed by atoms with van der Waals surface area (Å²) in [4.78, 5) is 20.1. The molecule has 1 aromatic heterocycles. The molecule has 1 heterocycles. The molecule has 0 aliphatic rings. The van der Waals surface area contributed by atoms with Crippen LogP contribution in [0.3, 0.4) is 0 Å². The Labute approximate surface area is 131 Å². The second-order valence-electron chi connectivity index (χ2n) is 5.57. The highest BCUT2D eigenvalue weighted by atomic mass is 28.3. The van der Waals surface area contributed by atoms with E-state index in [1.807, 2.05) is 0 Å². The Morgan fingerprint density at radius 1 is 1.32 bits per heavy atom. The minimum absolute atomic E-state index is 0.00493. The fourth-order valence-electron chi connectivity index (χ4n) is 1.42. The monoisotopic (exact) mass is 322 g/mol. The van der Waals surface area contributed by atoms with Crippen molar-refractivity contribution in [2.75, 3.05) is 38.4 Å². The number of ether oxygens (including phenoxy) is 2. The van der Waals surface area contributed by atoms with E-state index in [0.29, 0.717) is 24.7 Å². The average molecular weight is 322 g/mol. The highest BCUT2D eigenvalue weighted by Crippen LogP contribution is 2.16. The number of nitrogen functional groups attached to an aromatic ring is 1. The lowest BCUT2D eigenvalue weighted by molar-refractivity contribution is 0.0595. The number of carbonyl (C=O) groups is 1. The van der Waals surface area contributed by atoms with Crippen LogP contribution in [0.1, 0.15) is 16.2 Å². The molecule has 0 aromatic carbocycles. The fourth-order valence-corrected chi connectivity index (χ4v) is 1.92. The number of nitrogens with two attached hydrogens (primary N) is 1. The Morgan fingerprint density at radius 2 is 2.00 bits per heavy atom. The molecular weight excluding hydrogens is 300 g/mol. The van der Waals surface area contributed by atoms with Crippen LogP contribution < -0.4 is 11.1 Å². The number of hydrogen-bond acceptors (Lipinski definition) is 7. The predicted octanol–water partition coefficient (Wildman–Crippen LogP) is 1.13. The van der Waals surface area contributed by atoms with Crippen LogP contribution in [0.2, 0.25) is 19.6 Å². The minimum Gasteiger partial charge on any atom is -0.464 e. The highest BCUT2D eigenvalue weighted by Gasteiger charge is 2.18. The standard InChI is InChI=1S/C14H22N4O3Si/c1-20-8-7-16-13-10(6-9-22(3,4)5)17-11(12(15)18-13)14(19)21-2/h7-8H2,1-5H3,(H3,15,16,18). The third kappa shape index (κ3) is 5.35. The first-order chi connectivity index (χ1) is 10.3. The highest BCUT2D eigenvalue weighted by molar-refractivity contribution is 6.83. The molecule has 1 rings (SSSR count). The number of hydrogen-bond donors (Lipinski definition) is 2. The minimum atomic E-state index is -1.60. The number of esters is 1. The van der Waals surface area contributed by atoms with E-state index in [1.54, 1.807) is 7.11 Å².